The summed E-state index contributed by atoms with van der Waals surface area (Å²) in [7, 11) is 0. The maximum atomic E-state index is 12.5. The van der Waals surface area contributed by atoms with Crippen molar-refractivity contribution in [2.45, 2.75) is 6.92 Å². The van der Waals surface area contributed by atoms with E-state index in [0.29, 0.717) is 29.3 Å². The molecule has 13 heteroatoms. The first-order chi connectivity index (χ1) is 17.2. The number of fused-ring (bicyclic) bond motifs is 1. The summed E-state index contributed by atoms with van der Waals surface area (Å²) in [5.74, 6) is 0.298. The molecule has 12 nitrogen and oxygen atoms in total. The Morgan fingerprint density at radius 1 is 1.03 bits per heavy atom. The maximum absolute atomic E-state index is 12.5. The van der Waals surface area contributed by atoms with E-state index < -0.39 is 27.1 Å². The second kappa shape index (κ2) is 10.1. The van der Waals surface area contributed by atoms with Crippen LogP contribution in [0.5, 0.6) is 5.75 Å². The predicted molar refractivity (Wildman–Crippen MR) is 134 cm³/mol. The number of nitrogens with zero attached hydrogens (tertiary/aromatic N) is 3. The number of benzene rings is 3. The summed E-state index contributed by atoms with van der Waals surface area (Å²) in [5.41, 5.74) is 0.853. The van der Waals surface area contributed by atoms with Gasteiger partial charge < -0.3 is 14.5 Å². The van der Waals surface area contributed by atoms with Gasteiger partial charge in [0.25, 0.3) is 17.3 Å². The zero-order valence-corrected chi connectivity index (χ0v) is 19.4. The Labute approximate surface area is 208 Å². The fourth-order valence-corrected chi connectivity index (χ4v) is 3.47. The number of nitro groups is 2. The monoisotopic (exact) mass is 507 g/mol. The molecule has 0 atom stereocenters. The van der Waals surface area contributed by atoms with Crippen LogP contribution in [0.4, 0.5) is 17.1 Å². The second-order valence-electron chi connectivity index (χ2n) is 7.32. The minimum absolute atomic E-state index is 0.122. The number of hydrogen-bond donors (Lipinski definition) is 2. The molecule has 4 aromatic rings. The molecule has 1 amide bonds. The highest BCUT2D eigenvalue weighted by atomic mass is 32.1. The van der Waals surface area contributed by atoms with E-state index in [0.717, 1.165) is 29.5 Å². The van der Waals surface area contributed by atoms with Crippen LogP contribution in [0.15, 0.2) is 65.1 Å². The number of nitro benzene ring substituents is 2. The highest BCUT2D eigenvalue weighted by molar-refractivity contribution is 7.80. The Kier molecular flexibility index (Phi) is 6.83. The number of nitrogens with one attached hydrogen (secondary N) is 2. The van der Waals surface area contributed by atoms with Gasteiger partial charge in [-0.2, -0.15) is 0 Å². The van der Waals surface area contributed by atoms with Gasteiger partial charge in [-0.15, -0.1) is 0 Å². The zero-order valence-electron chi connectivity index (χ0n) is 18.6. The quantitative estimate of drug-likeness (QED) is 0.201. The lowest BCUT2D eigenvalue weighted by atomic mass is 10.1. The second-order valence-corrected chi connectivity index (χ2v) is 7.73. The SMILES string of the molecule is CCOc1ccc(-c2nc3cc(NC(=S)NC(=O)c4cc([N+](=O)[O-])cc([N+](=O)[O-])c4)ccc3o2)cc1. The van der Waals surface area contributed by atoms with Gasteiger partial charge in [0.15, 0.2) is 10.7 Å². The highest BCUT2D eigenvalue weighted by Crippen LogP contribution is 2.28. The van der Waals surface area contributed by atoms with Gasteiger partial charge in [0.05, 0.1) is 28.1 Å². The predicted octanol–water partition coefficient (Wildman–Crippen LogP) is 4.84. The molecule has 2 N–H and O–H groups in total. The largest absolute Gasteiger partial charge is 0.494 e. The number of aromatic nitrogens is 1. The molecule has 0 spiro atoms. The lowest BCUT2D eigenvalue weighted by Crippen LogP contribution is -2.34. The van der Waals surface area contributed by atoms with Gasteiger partial charge in [0.2, 0.25) is 5.89 Å². The van der Waals surface area contributed by atoms with Crippen molar-refractivity contribution < 1.29 is 23.8 Å². The fourth-order valence-electron chi connectivity index (χ4n) is 3.26. The smallest absolute Gasteiger partial charge is 0.277 e. The van der Waals surface area contributed by atoms with E-state index in [2.05, 4.69) is 15.6 Å². The molecule has 0 fully saturated rings. The number of amides is 1. The van der Waals surface area contributed by atoms with Crippen LogP contribution in [0, 0.1) is 20.2 Å². The summed E-state index contributed by atoms with van der Waals surface area (Å²) in [5, 5.41) is 27.1. The van der Waals surface area contributed by atoms with E-state index in [1.165, 1.54) is 0 Å². The number of ether oxygens (including phenoxy) is 1. The lowest BCUT2D eigenvalue weighted by Gasteiger charge is -2.09. The molecule has 0 aliphatic rings. The lowest BCUT2D eigenvalue weighted by molar-refractivity contribution is -0.394. The van der Waals surface area contributed by atoms with Gasteiger partial charge in [0.1, 0.15) is 11.3 Å². The molecule has 0 aliphatic heterocycles. The summed E-state index contributed by atoms with van der Waals surface area (Å²) in [6.07, 6.45) is 0. The molecule has 1 aromatic heterocycles. The van der Waals surface area contributed by atoms with Crippen molar-refractivity contribution in [3.8, 4) is 17.2 Å². The van der Waals surface area contributed by atoms with Gasteiger partial charge in [-0.3, -0.25) is 30.3 Å². The van der Waals surface area contributed by atoms with Crippen LogP contribution in [0.1, 0.15) is 17.3 Å². The van der Waals surface area contributed by atoms with Crippen LogP contribution in [0.25, 0.3) is 22.6 Å². The van der Waals surface area contributed by atoms with E-state index in [1.54, 1.807) is 18.2 Å². The minimum atomic E-state index is -0.848. The van der Waals surface area contributed by atoms with Crippen molar-refractivity contribution in [1.82, 2.24) is 10.3 Å². The van der Waals surface area contributed by atoms with Crippen LogP contribution >= 0.6 is 12.2 Å². The number of hydrogen-bond acceptors (Lipinski definition) is 9. The van der Waals surface area contributed by atoms with Crippen molar-refractivity contribution >= 4 is 51.4 Å². The van der Waals surface area contributed by atoms with Crippen LogP contribution in [-0.4, -0.2) is 32.5 Å². The summed E-state index contributed by atoms with van der Waals surface area (Å²) in [6.45, 7) is 2.46. The molecule has 0 unspecified atom stereocenters. The van der Waals surface area contributed by atoms with E-state index in [1.807, 2.05) is 31.2 Å². The third-order valence-electron chi connectivity index (χ3n) is 4.87. The Bertz CT molecular complexity index is 1470. The van der Waals surface area contributed by atoms with Gasteiger partial charge in [-0.05, 0) is 61.6 Å². The Hall–Kier alpha value is -4.91. The average Bonchev–Trinajstić information content (AvgIpc) is 3.27. The highest BCUT2D eigenvalue weighted by Gasteiger charge is 2.20. The number of anilines is 1. The molecule has 0 bridgehead atoms. The Morgan fingerprint density at radius 2 is 1.69 bits per heavy atom. The van der Waals surface area contributed by atoms with Crippen molar-refractivity contribution in [1.29, 1.82) is 0 Å². The maximum Gasteiger partial charge on any atom is 0.277 e. The molecule has 0 radical (unpaired) electrons. The van der Waals surface area contributed by atoms with Gasteiger partial charge >= 0.3 is 0 Å². The summed E-state index contributed by atoms with van der Waals surface area (Å²) < 4.78 is 11.2. The molecule has 182 valence electrons. The molecule has 1 heterocycles. The Balaban J connectivity index is 1.48. The number of thiocarbonyl (C=S) groups is 1. The van der Waals surface area contributed by atoms with Gasteiger partial charge in [-0.25, -0.2) is 4.98 Å². The summed E-state index contributed by atoms with van der Waals surface area (Å²) in [6, 6.07) is 14.9. The van der Waals surface area contributed by atoms with E-state index in [4.69, 9.17) is 21.4 Å². The van der Waals surface area contributed by atoms with Crippen molar-refractivity contribution in [2.75, 3.05) is 11.9 Å². The van der Waals surface area contributed by atoms with Gasteiger partial charge in [0, 0.05) is 23.4 Å². The minimum Gasteiger partial charge on any atom is -0.494 e. The van der Waals surface area contributed by atoms with Gasteiger partial charge in [-0.1, -0.05) is 0 Å². The molecule has 0 saturated carbocycles. The van der Waals surface area contributed by atoms with Crippen LogP contribution in [-0.2, 0) is 0 Å². The third kappa shape index (κ3) is 5.42. The van der Waals surface area contributed by atoms with E-state index >= 15 is 0 Å². The van der Waals surface area contributed by atoms with E-state index in [9.17, 15) is 25.0 Å². The third-order valence-corrected chi connectivity index (χ3v) is 5.08. The zero-order chi connectivity index (χ0) is 25.8. The Morgan fingerprint density at radius 3 is 2.31 bits per heavy atom. The van der Waals surface area contributed by atoms with Crippen molar-refractivity contribution in [3.63, 3.8) is 0 Å². The first-order valence-electron chi connectivity index (χ1n) is 10.4. The summed E-state index contributed by atoms with van der Waals surface area (Å²) >= 11 is 5.15. The average molecular weight is 507 g/mol. The molecule has 36 heavy (non-hydrogen) atoms. The topological polar surface area (TPSA) is 163 Å². The standard InChI is InChI=1S/C23H17N5O7S/c1-2-34-18-6-3-13(4-7-18)22-25-19-11-15(5-8-20(19)35-22)24-23(36)26-21(29)14-9-16(27(30)31)12-17(10-14)28(32)33/h3-12H,2H2,1H3,(H2,24,26,29,36). The molecule has 4 rings (SSSR count). The number of carbonyl (C=O) groups is 1. The molecular weight excluding hydrogens is 490 g/mol. The fraction of sp³-hybridized carbons (Fsp3) is 0.0870. The first kappa shape index (κ1) is 24.2. The molecule has 0 saturated heterocycles. The molecular formula is C23H17N5O7S. The summed E-state index contributed by atoms with van der Waals surface area (Å²) in [4.78, 5) is 37.4. The number of carbonyl (C=O) groups excluding carboxylic acids is 1. The van der Waals surface area contributed by atoms with Crippen molar-refractivity contribution in [3.05, 3.63) is 86.5 Å². The van der Waals surface area contributed by atoms with Crippen LogP contribution in [0.2, 0.25) is 0 Å². The number of non-ortho nitro benzene ring substituents is 2. The number of rotatable bonds is 7. The molecule has 3 aromatic carbocycles. The van der Waals surface area contributed by atoms with Crippen molar-refractivity contribution in [2.24, 2.45) is 0 Å². The van der Waals surface area contributed by atoms with E-state index in [-0.39, 0.29) is 10.7 Å². The molecule has 0 aliphatic carbocycles. The van der Waals surface area contributed by atoms with Crippen LogP contribution < -0.4 is 15.4 Å². The number of oxazole rings is 1. The van der Waals surface area contributed by atoms with Crippen LogP contribution in [0.3, 0.4) is 0 Å². The normalized spacial score (nSPS) is 10.6. The first-order valence-corrected chi connectivity index (χ1v) is 10.8.